The van der Waals surface area contributed by atoms with Gasteiger partial charge in [0.15, 0.2) is 0 Å². The van der Waals surface area contributed by atoms with Crippen molar-refractivity contribution < 1.29 is 0 Å². The lowest BCUT2D eigenvalue weighted by atomic mass is 9.99. The molecule has 0 saturated carbocycles. The van der Waals surface area contributed by atoms with Gasteiger partial charge in [0, 0.05) is 12.6 Å². The summed E-state index contributed by atoms with van der Waals surface area (Å²) < 4.78 is 0. The molecule has 1 atom stereocenters. The van der Waals surface area contributed by atoms with Gasteiger partial charge in [0.1, 0.15) is 0 Å². The smallest absolute Gasteiger partial charge is 0.0430 e. The standard InChI is InChI=1S/C18H26N2/c1-3-5-13-20(4-2)14-18(19)17-12-8-10-15-9-6-7-11-16(15)17/h6-12,18H,3-5,13-14,19H2,1-2H3. The van der Waals surface area contributed by atoms with Crippen LogP contribution in [0.25, 0.3) is 10.8 Å². The molecule has 0 bridgehead atoms. The van der Waals surface area contributed by atoms with E-state index in [4.69, 9.17) is 5.73 Å². The van der Waals surface area contributed by atoms with E-state index in [0.29, 0.717) is 0 Å². The molecule has 0 radical (unpaired) electrons. The van der Waals surface area contributed by atoms with Crippen molar-refractivity contribution in [3.63, 3.8) is 0 Å². The second-order valence-electron chi connectivity index (χ2n) is 5.42. The number of nitrogens with two attached hydrogens (primary N) is 1. The fourth-order valence-electron chi connectivity index (χ4n) is 2.71. The molecule has 2 aromatic carbocycles. The van der Waals surface area contributed by atoms with Crippen LogP contribution in [0.2, 0.25) is 0 Å². The van der Waals surface area contributed by atoms with E-state index in [0.717, 1.165) is 19.6 Å². The average molecular weight is 270 g/mol. The van der Waals surface area contributed by atoms with Crippen LogP contribution in [0.15, 0.2) is 42.5 Å². The molecule has 0 heterocycles. The van der Waals surface area contributed by atoms with E-state index < -0.39 is 0 Å². The van der Waals surface area contributed by atoms with Crippen molar-refractivity contribution in [1.29, 1.82) is 0 Å². The Labute approximate surface area is 122 Å². The Hall–Kier alpha value is -1.38. The third-order valence-corrected chi connectivity index (χ3v) is 3.95. The molecule has 0 aromatic heterocycles. The summed E-state index contributed by atoms with van der Waals surface area (Å²) in [4.78, 5) is 2.45. The number of hydrogen-bond acceptors (Lipinski definition) is 2. The maximum atomic E-state index is 6.47. The van der Waals surface area contributed by atoms with Crippen molar-refractivity contribution in [3.8, 4) is 0 Å². The molecule has 0 aliphatic carbocycles. The van der Waals surface area contributed by atoms with Crippen LogP contribution >= 0.6 is 0 Å². The Balaban J connectivity index is 2.16. The monoisotopic (exact) mass is 270 g/mol. The zero-order valence-corrected chi connectivity index (χ0v) is 12.7. The van der Waals surface area contributed by atoms with Gasteiger partial charge >= 0.3 is 0 Å². The first-order chi connectivity index (χ1) is 9.76. The minimum Gasteiger partial charge on any atom is -0.323 e. The molecule has 0 amide bonds. The Morgan fingerprint density at radius 1 is 1.05 bits per heavy atom. The SMILES string of the molecule is CCCCN(CC)CC(N)c1cccc2ccccc12. The fourth-order valence-corrected chi connectivity index (χ4v) is 2.71. The Morgan fingerprint density at radius 3 is 2.55 bits per heavy atom. The lowest BCUT2D eigenvalue weighted by Gasteiger charge is -2.25. The Morgan fingerprint density at radius 2 is 1.80 bits per heavy atom. The second kappa shape index (κ2) is 7.41. The van der Waals surface area contributed by atoms with Crippen LogP contribution in [-0.2, 0) is 0 Å². The summed E-state index contributed by atoms with van der Waals surface area (Å²) in [5.74, 6) is 0. The van der Waals surface area contributed by atoms with E-state index >= 15 is 0 Å². The van der Waals surface area contributed by atoms with Crippen molar-refractivity contribution in [1.82, 2.24) is 4.90 Å². The molecule has 1 unspecified atom stereocenters. The molecule has 2 rings (SSSR count). The predicted octanol–water partition coefficient (Wildman–Crippen LogP) is 3.96. The highest BCUT2D eigenvalue weighted by atomic mass is 15.1. The van der Waals surface area contributed by atoms with E-state index in [9.17, 15) is 0 Å². The highest BCUT2D eigenvalue weighted by Gasteiger charge is 2.13. The maximum Gasteiger partial charge on any atom is 0.0430 e. The van der Waals surface area contributed by atoms with Crippen molar-refractivity contribution in [2.24, 2.45) is 5.73 Å². The Bertz CT molecular complexity index is 530. The van der Waals surface area contributed by atoms with Crippen LogP contribution in [0.1, 0.15) is 38.3 Å². The molecule has 0 spiro atoms. The van der Waals surface area contributed by atoms with E-state index in [1.165, 1.54) is 29.2 Å². The van der Waals surface area contributed by atoms with Crippen molar-refractivity contribution >= 4 is 10.8 Å². The third-order valence-electron chi connectivity index (χ3n) is 3.95. The molecule has 0 aliphatic heterocycles. The molecule has 0 aliphatic rings. The minimum atomic E-state index is 0.0814. The first-order valence-electron chi connectivity index (χ1n) is 7.71. The summed E-state index contributed by atoms with van der Waals surface area (Å²) in [5.41, 5.74) is 7.73. The summed E-state index contributed by atoms with van der Waals surface area (Å²) >= 11 is 0. The van der Waals surface area contributed by atoms with Gasteiger partial charge in [0.25, 0.3) is 0 Å². The van der Waals surface area contributed by atoms with Gasteiger partial charge in [0.2, 0.25) is 0 Å². The number of unbranched alkanes of at least 4 members (excludes halogenated alkanes) is 1. The number of hydrogen-bond donors (Lipinski definition) is 1. The summed E-state index contributed by atoms with van der Waals surface area (Å²) in [6.07, 6.45) is 2.48. The van der Waals surface area contributed by atoms with E-state index in [2.05, 4.69) is 61.2 Å². The molecular formula is C18H26N2. The first-order valence-corrected chi connectivity index (χ1v) is 7.71. The summed E-state index contributed by atoms with van der Waals surface area (Å²) in [5, 5.41) is 2.56. The highest BCUT2D eigenvalue weighted by Crippen LogP contribution is 2.23. The highest BCUT2D eigenvalue weighted by molar-refractivity contribution is 5.86. The molecule has 2 N–H and O–H groups in total. The van der Waals surface area contributed by atoms with Crippen LogP contribution in [0, 0.1) is 0 Å². The predicted molar refractivity (Wildman–Crippen MR) is 87.9 cm³/mol. The van der Waals surface area contributed by atoms with Crippen molar-refractivity contribution in [2.45, 2.75) is 32.7 Å². The molecule has 2 aromatic rings. The molecule has 0 fully saturated rings. The summed E-state index contributed by atoms with van der Waals surface area (Å²) in [7, 11) is 0. The number of fused-ring (bicyclic) bond motifs is 1. The van der Waals surface area contributed by atoms with Gasteiger partial charge in [-0.3, -0.25) is 0 Å². The minimum absolute atomic E-state index is 0.0814. The van der Waals surface area contributed by atoms with E-state index in [1.54, 1.807) is 0 Å². The number of benzene rings is 2. The van der Waals surface area contributed by atoms with Crippen LogP contribution < -0.4 is 5.73 Å². The van der Waals surface area contributed by atoms with Crippen LogP contribution in [0.4, 0.5) is 0 Å². The van der Waals surface area contributed by atoms with Gasteiger partial charge in [0.05, 0.1) is 0 Å². The average Bonchev–Trinajstić information content (AvgIpc) is 2.50. The zero-order chi connectivity index (χ0) is 14.4. The number of likely N-dealkylation sites (N-methyl/N-ethyl adjacent to an activating group) is 1. The second-order valence-corrected chi connectivity index (χ2v) is 5.42. The van der Waals surface area contributed by atoms with Crippen molar-refractivity contribution in [3.05, 3.63) is 48.0 Å². The van der Waals surface area contributed by atoms with E-state index in [-0.39, 0.29) is 6.04 Å². The van der Waals surface area contributed by atoms with Crippen molar-refractivity contribution in [2.75, 3.05) is 19.6 Å². The summed E-state index contributed by atoms with van der Waals surface area (Å²) in [6, 6.07) is 15.0. The normalized spacial score (nSPS) is 13.0. The summed E-state index contributed by atoms with van der Waals surface area (Å²) in [6.45, 7) is 7.60. The van der Waals surface area contributed by atoms with E-state index in [1.807, 2.05) is 0 Å². The maximum absolute atomic E-state index is 6.47. The van der Waals surface area contributed by atoms with Gasteiger partial charge in [-0.2, -0.15) is 0 Å². The van der Waals surface area contributed by atoms with Gasteiger partial charge in [-0.25, -0.2) is 0 Å². The molecular weight excluding hydrogens is 244 g/mol. The molecule has 2 nitrogen and oxygen atoms in total. The number of nitrogens with zero attached hydrogens (tertiary/aromatic N) is 1. The lowest BCUT2D eigenvalue weighted by molar-refractivity contribution is 0.267. The van der Waals surface area contributed by atoms with Crippen LogP contribution in [0.3, 0.4) is 0 Å². The van der Waals surface area contributed by atoms with Gasteiger partial charge < -0.3 is 10.6 Å². The van der Waals surface area contributed by atoms with Gasteiger partial charge in [-0.1, -0.05) is 62.7 Å². The molecule has 20 heavy (non-hydrogen) atoms. The third kappa shape index (κ3) is 3.59. The fraction of sp³-hybridized carbons (Fsp3) is 0.444. The Kier molecular flexibility index (Phi) is 5.57. The van der Waals surface area contributed by atoms with Crippen LogP contribution in [0.5, 0.6) is 0 Å². The largest absolute Gasteiger partial charge is 0.323 e. The topological polar surface area (TPSA) is 29.3 Å². The molecule has 108 valence electrons. The van der Waals surface area contributed by atoms with Crippen LogP contribution in [-0.4, -0.2) is 24.5 Å². The first kappa shape index (κ1) is 15.0. The van der Waals surface area contributed by atoms with Gasteiger partial charge in [-0.05, 0) is 35.8 Å². The quantitative estimate of drug-likeness (QED) is 0.825. The molecule has 0 saturated heterocycles. The van der Waals surface area contributed by atoms with Gasteiger partial charge in [-0.15, -0.1) is 0 Å². The number of rotatable bonds is 7. The molecule has 2 heteroatoms. The lowest BCUT2D eigenvalue weighted by Crippen LogP contribution is -2.33. The zero-order valence-electron chi connectivity index (χ0n) is 12.7.